The van der Waals surface area contributed by atoms with Crippen LogP contribution in [-0.4, -0.2) is 17.6 Å². The third-order valence-electron chi connectivity index (χ3n) is 1.59. The van der Waals surface area contributed by atoms with Gasteiger partial charge in [-0.3, -0.25) is 0 Å². The van der Waals surface area contributed by atoms with Crippen molar-refractivity contribution < 1.29 is 18.3 Å². The molecule has 0 unspecified atom stereocenters. The zero-order valence-corrected chi connectivity index (χ0v) is 9.42. The summed E-state index contributed by atoms with van der Waals surface area (Å²) in [6.07, 6.45) is -2.80. The predicted octanol–water partition coefficient (Wildman–Crippen LogP) is 2.96. The fourth-order valence-electron chi connectivity index (χ4n) is 0.998. The smallest absolute Gasteiger partial charge is 0.340 e. The molecule has 0 aliphatic heterocycles. The molecule has 0 spiro atoms. The van der Waals surface area contributed by atoms with Crippen molar-refractivity contribution in [1.82, 2.24) is 4.98 Å². The van der Waals surface area contributed by atoms with E-state index in [1.165, 1.54) is 12.1 Å². The molecule has 0 saturated carbocycles. The maximum Gasteiger partial charge on any atom is 0.340 e. The van der Waals surface area contributed by atoms with Crippen LogP contribution in [0, 0.1) is 0 Å². The van der Waals surface area contributed by atoms with Gasteiger partial charge in [-0.2, -0.15) is 0 Å². The van der Waals surface area contributed by atoms with Gasteiger partial charge in [-0.05, 0) is 35.0 Å². The molecule has 1 aromatic heterocycles. The van der Waals surface area contributed by atoms with Crippen LogP contribution >= 0.6 is 15.9 Å². The maximum absolute atomic E-state index is 12.5. The lowest BCUT2D eigenvalue weighted by Crippen LogP contribution is -2.10. The number of aromatic nitrogens is 1. The van der Waals surface area contributed by atoms with Gasteiger partial charge in [0, 0.05) is 0 Å². The van der Waals surface area contributed by atoms with E-state index >= 15 is 0 Å². The molecule has 0 aliphatic rings. The Balaban J connectivity index is 3.11. The third-order valence-corrected chi connectivity index (χ3v) is 2.03. The quantitative estimate of drug-likeness (QED) is 0.631. The van der Waals surface area contributed by atoms with Crippen molar-refractivity contribution in [3.63, 3.8) is 0 Å². The topological polar surface area (TPSA) is 39.2 Å². The van der Waals surface area contributed by atoms with E-state index < -0.39 is 18.1 Å². The summed E-state index contributed by atoms with van der Waals surface area (Å²) in [7, 11) is 0. The summed E-state index contributed by atoms with van der Waals surface area (Å²) in [6.45, 7) is 1.74. The van der Waals surface area contributed by atoms with Crippen molar-refractivity contribution in [3.8, 4) is 0 Å². The molecule has 0 saturated heterocycles. The fraction of sp³-hybridized carbons (Fsp3) is 0.333. The van der Waals surface area contributed by atoms with Gasteiger partial charge in [0.1, 0.15) is 10.3 Å². The first-order chi connectivity index (χ1) is 7.06. The second kappa shape index (κ2) is 5.16. The molecular formula is C9H8BrF2NO2. The van der Waals surface area contributed by atoms with Crippen molar-refractivity contribution in [2.24, 2.45) is 0 Å². The molecular weight excluding hydrogens is 272 g/mol. The highest BCUT2D eigenvalue weighted by atomic mass is 79.9. The highest BCUT2D eigenvalue weighted by Crippen LogP contribution is 2.23. The van der Waals surface area contributed by atoms with Crippen molar-refractivity contribution in [2.45, 2.75) is 13.3 Å². The zero-order chi connectivity index (χ0) is 11.4. The molecule has 1 aromatic rings. The van der Waals surface area contributed by atoms with E-state index in [1.807, 2.05) is 0 Å². The molecule has 3 nitrogen and oxygen atoms in total. The first-order valence-corrected chi connectivity index (χ1v) is 4.97. The number of esters is 1. The van der Waals surface area contributed by atoms with Gasteiger partial charge in [0.2, 0.25) is 0 Å². The van der Waals surface area contributed by atoms with Gasteiger partial charge in [0.25, 0.3) is 6.43 Å². The standard InChI is InChI=1S/C9H8BrF2NO2/c1-2-15-9(14)5-3-4-6(10)13-7(5)8(11)12/h3-4,8H,2H2,1H3. The largest absolute Gasteiger partial charge is 0.462 e. The van der Waals surface area contributed by atoms with Gasteiger partial charge < -0.3 is 4.74 Å². The number of nitrogens with zero attached hydrogens (tertiary/aromatic N) is 1. The zero-order valence-electron chi connectivity index (χ0n) is 7.84. The van der Waals surface area contributed by atoms with Crippen LogP contribution in [0.1, 0.15) is 29.4 Å². The highest BCUT2D eigenvalue weighted by Gasteiger charge is 2.21. The molecule has 0 aliphatic carbocycles. The Morgan fingerprint density at radius 3 is 2.80 bits per heavy atom. The minimum atomic E-state index is -2.80. The van der Waals surface area contributed by atoms with Gasteiger partial charge in [-0.1, -0.05) is 0 Å². The highest BCUT2D eigenvalue weighted by molar-refractivity contribution is 9.10. The number of carbonyl (C=O) groups excluding carboxylic acids is 1. The van der Waals surface area contributed by atoms with Crippen LogP contribution in [0.2, 0.25) is 0 Å². The van der Waals surface area contributed by atoms with Crippen molar-refractivity contribution >= 4 is 21.9 Å². The minimum Gasteiger partial charge on any atom is -0.462 e. The molecule has 0 atom stereocenters. The molecule has 0 radical (unpaired) electrons. The van der Waals surface area contributed by atoms with E-state index in [4.69, 9.17) is 0 Å². The average molecular weight is 280 g/mol. The first kappa shape index (κ1) is 12.0. The van der Waals surface area contributed by atoms with Crippen molar-refractivity contribution in [1.29, 1.82) is 0 Å². The summed E-state index contributed by atoms with van der Waals surface area (Å²) in [5.41, 5.74) is -0.766. The first-order valence-electron chi connectivity index (χ1n) is 4.18. The van der Waals surface area contributed by atoms with Crippen molar-refractivity contribution in [3.05, 3.63) is 28.0 Å². The van der Waals surface area contributed by atoms with E-state index in [-0.39, 0.29) is 16.8 Å². The van der Waals surface area contributed by atoms with Gasteiger partial charge in [0.05, 0.1) is 12.2 Å². The lowest BCUT2D eigenvalue weighted by Gasteiger charge is -2.07. The Bertz CT molecular complexity index is 371. The average Bonchev–Trinajstić information content (AvgIpc) is 2.17. The van der Waals surface area contributed by atoms with E-state index in [0.717, 1.165) is 0 Å². The molecule has 0 bridgehead atoms. The molecule has 0 N–H and O–H groups in total. The monoisotopic (exact) mass is 279 g/mol. The number of hydrogen-bond acceptors (Lipinski definition) is 3. The van der Waals surface area contributed by atoms with Crippen LogP contribution in [0.3, 0.4) is 0 Å². The van der Waals surface area contributed by atoms with Gasteiger partial charge in [-0.25, -0.2) is 18.6 Å². The van der Waals surface area contributed by atoms with Gasteiger partial charge >= 0.3 is 5.97 Å². The maximum atomic E-state index is 12.5. The Labute approximate surface area is 93.6 Å². The number of halogens is 3. The van der Waals surface area contributed by atoms with Crippen LogP contribution in [0.5, 0.6) is 0 Å². The van der Waals surface area contributed by atoms with E-state index in [0.29, 0.717) is 0 Å². The van der Waals surface area contributed by atoms with Gasteiger partial charge in [-0.15, -0.1) is 0 Å². The van der Waals surface area contributed by atoms with Crippen LogP contribution in [0.4, 0.5) is 8.78 Å². The second-order valence-corrected chi connectivity index (χ2v) is 3.40. The Morgan fingerprint density at radius 1 is 1.60 bits per heavy atom. The summed E-state index contributed by atoms with van der Waals surface area (Å²) in [4.78, 5) is 14.8. The summed E-state index contributed by atoms with van der Waals surface area (Å²) >= 11 is 2.96. The summed E-state index contributed by atoms with van der Waals surface area (Å²) in [6, 6.07) is 2.68. The molecule has 15 heavy (non-hydrogen) atoms. The number of alkyl halides is 2. The Morgan fingerprint density at radius 2 is 2.27 bits per heavy atom. The third kappa shape index (κ3) is 2.95. The number of rotatable bonds is 3. The number of carbonyl (C=O) groups is 1. The van der Waals surface area contributed by atoms with Crippen LogP contribution < -0.4 is 0 Å². The molecule has 0 amide bonds. The molecule has 82 valence electrons. The van der Waals surface area contributed by atoms with Crippen LogP contribution in [0.25, 0.3) is 0 Å². The Kier molecular flexibility index (Phi) is 4.14. The van der Waals surface area contributed by atoms with E-state index in [1.54, 1.807) is 6.92 Å². The number of ether oxygens (including phenoxy) is 1. The summed E-state index contributed by atoms with van der Waals surface area (Å²) in [5, 5.41) is 0. The van der Waals surface area contributed by atoms with E-state index in [2.05, 4.69) is 25.7 Å². The molecule has 6 heteroatoms. The predicted molar refractivity (Wildman–Crippen MR) is 52.9 cm³/mol. The molecule has 1 rings (SSSR count). The van der Waals surface area contributed by atoms with Gasteiger partial charge in [0.15, 0.2) is 0 Å². The van der Waals surface area contributed by atoms with E-state index in [9.17, 15) is 13.6 Å². The normalized spacial score (nSPS) is 10.5. The SMILES string of the molecule is CCOC(=O)c1ccc(Br)nc1C(F)F. The molecule has 0 fully saturated rings. The second-order valence-electron chi connectivity index (χ2n) is 2.59. The lowest BCUT2D eigenvalue weighted by molar-refractivity contribution is 0.0513. The molecule has 0 aromatic carbocycles. The number of pyridine rings is 1. The van der Waals surface area contributed by atoms with Crippen LogP contribution in [-0.2, 0) is 4.74 Å². The number of hydrogen-bond donors (Lipinski definition) is 0. The fourth-order valence-corrected chi connectivity index (χ4v) is 1.32. The van der Waals surface area contributed by atoms with Crippen molar-refractivity contribution in [2.75, 3.05) is 6.61 Å². The summed E-state index contributed by atoms with van der Waals surface area (Å²) in [5.74, 6) is -0.784. The summed E-state index contributed by atoms with van der Waals surface area (Å²) < 4.78 is 29.9. The Hall–Kier alpha value is -1.04. The molecule has 1 heterocycles. The van der Waals surface area contributed by atoms with Crippen LogP contribution in [0.15, 0.2) is 16.7 Å². The lowest BCUT2D eigenvalue weighted by atomic mass is 10.2. The minimum absolute atomic E-state index is 0.136.